The molecule has 3 nitrogen and oxygen atoms in total. The zero-order valence-corrected chi connectivity index (χ0v) is 11.0. The minimum atomic E-state index is -1.05. The Hall–Kier alpha value is -0.380. The number of carbonyl (C=O) groups is 2. The average Bonchev–Trinajstić information content (AvgIpc) is 2.63. The average molecular weight is 277 g/mol. The minimum Gasteiger partial charge on any atom is -0.468 e. The number of ketones is 1. The first-order chi connectivity index (χ1) is 6.84. The van der Waals surface area contributed by atoms with Gasteiger partial charge in [0.25, 0.3) is 0 Å². The van der Waals surface area contributed by atoms with Crippen LogP contribution in [0.4, 0.5) is 0 Å². The van der Waals surface area contributed by atoms with Crippen molar-refractivity contribution in [3.8, 4) is 0 Å². The van der Waals surface area contributed by atoms with Crippen molar-refractivity contribution in [2.24, 2.45) is 5.41 Å². The largest absolute Gasteiger partial charge is 0.468 e. The van der Waals surface area contributed by atoms with Gasteiger partial charge in [0.2, 0.25) is 0 Å². The van der Waals surface area contributed by atoms with Crippen molar-refractivity contribution in [2.75, 3.05) is 7.11 Å². The molecule has 0 N–H and O–H groups in total. The van der Waals surface area contributed by atoms with E-state index in [1.165, 1.54) is 7.11 Å². The Bertz CT molecular complexity index is 278. The van der Waals surface area contributed by atoms with Crippen molar-refractivity contribution < 1.29 is 14.3 Å². The summed E-state index contributed by atoms with van der Waals surface area (Å²) in [7, 11) is 1.31. The van der Waals surface area contributed by atoms with E-state index < -0.39 is 15.7 Å². The summed E-state index contributed by atoms with van der Waals surface area (Å²) in [6, 6.07) is 0. The molecule has 0 spiro atoms. The summed E-state index contributed by atoms with van der Waals surface area (Å²) in [5.74, 6) is -0.516. The highest BCUT2D eigenvalue weighted by molar-refractivity contribution is 9.10. The van der Waals surface area contributed by atoms with E-state index in [9.17, 15) is 9.59 Å². The lowest BCUT2D eigenvalue weighted by atomic mass is 9.80. The molecule has 1 rings (SSSR count). The van der Waals surface area contributed by atoms with Gasteiger partial charge < -0.3 is 4.74 Å². The van der Waals surface area contributed by atoms with Crippen LogP contribution in [0.25, 0.3) is 0 Å². The van der Waals surface area contributed by atoms with Crippen molar-refractivity contribution >= 4 is 27.7 Å². The standard InChI is InChI=1S/C11H17BrO3/c1-10(2,9(14)15-3)8(13)11(12)6-4-5-7-11/h4-7H2,1-3H3. The number of Topliss-reactive ketones (excluding diaryl/α,β-unsaturated/α-hetero) is 1. The topological polar surface area (TPSA) is 43.4 Å². The summed E-state index contributed by atoms with van der Waals surface area (Å²) in [4.78, 5) is 23.8. The van der Waals surface area contributed by atoms with Crippen molar-refractivity contribution in [2.45, 2.75) is 43.9 Å². The third kappa shape index (κ3) is 2.25. The van der Waals surface area contributed by atoms with Gasteiger partial charge in [-0.3, -0.25) is 9.59 Å². The van der Waals surface area contributed by atoms with Gasteiger partial charge in [-0.2, -0.15) is 0 Å². The SMILES string of the molecule is COC(=O)C(C)(C)C(=O)C1(Br)CCCC1. The molecular weight excluding hydrogens is 260 g/mol. The highest BCUT2D eigenvalue weighted by atomic mass is 79.9. The minimum absolute atomic E-state index is 0.0562. The molecule has 86 valence electrons. The molecule has 0 aliphatic heterocycles. The zero-order chi connectivity index (χ0) is 11.7. The summed E-state index contributed by atoms with van der Waals surface area (Å²) in [5.41, 5.74) is -1.05. The van der Waals surface area contributed by atoms with E-state index in [-0.39, 0.29) is 5.78 Å². The Morgan fingerprint density at radius 3 is 2.13 bits per heavy atom. The molecule has 0 heterocycles. The summed E-state index contributed by atoms with van der Waals surface area (Å²) in [6.45, 7) is 3.25. The van der Waals surface area contributed by atoms with Crippen LogP contribution >= 0.6 is 15.9 Å². The lowest BCUT2D eigenvalue weighted by Gasteiger charge is -2.29. The molecule has 0 bridgehead atoms. The maximum atomic E-state index is 12.2. The van der Waals surface area contributed by atoms with Gasteiger partial charge in [-0.25, -0.2) is 0 Å². The summed E-state index contributed by atoms with van der Waals surface area (Å²) < 4.78 is 4.15. The molecule has 1 saturated carbocycles. The van der Waals surface area contributed by atoms with E-state index in [1.54, 1.807) is 13.8 Å². The van der Waals surface area contributed by atoms with E-state index in [0.717, 1.165) is 25.7 Å². The Morgan fingerprint density at radius 1 is 1.27 bits per heavy atom. The van der Waals surface area contributed by atoms with Gasteiger partial charge in [-0.05, 0) is 26.7 Å². The highest BCUT2D eigenvalue weighted by Crippen LogP contribution is 2.43. The fraction of sp³-hybridized carbons (Fsp3) is 0.818. The second kappa shape index (κ2) is 4.24. The predicted molar refractivity (Wildman–Crippen MR) is 60.9 cm³/mol. The molecule has 0 radical (unpaired) electrons. The van der Waals surface area contributed by atoms with E-state index in [4.69, 9.17) is 0 Å². The van der Waals surface area contributed by atoms with Gasteiger partial charge in [0.05, 0.1) is 11.4 Å². The first kappa shape index (κ1) is 12.7. The number of rotatable bonds is 3. The molecule has 0 aromatic heterocycles. The van der Waals surface area contributed by atoms with Gasteiger partial charge >= 0.3 is 5.97 Å². The number of hydrogen-bond donors (Lipinski definition) is 0. The number of ether oxygens (including phenoxy) is 1. The third-order valence-corrected chi connectivity index (χ3v) is 4.22. The summed E-state index contributed by atoms with van der Waals surface area (Å²) in [6.07, 6.45) is 3.70. The van der Waals surface area contributed by atoms with Crippen LogP contribution in [0.2, 0.25) is 0 Å². The van der Waals surface area contributed by atoms with Gasteiger partial charge in [0.15, 0.2) is 5.78 Å². The molecule has 1 fully saturated rings. The van der Waals surface area contributed by atoms with Crippen molar-refractivity contribution in [1.82, 2.24) is 0 Å². The zero-order valence-electron chi connectivity index (χ0n) is 9.43. The number of halogens is 1. The van der Waals surface area contributed by atoms with Crippen molar-refractivity contribution in [3.05, 3.63) is 0 Å². The van der Waals surface area contributed by atoms with E-state index in [1.807, 2.05) is 0 Å². The molecule has 0 aromatic carbocycles. The number of methoxy groups -OCH3 is 1. The Labute approximate surface area is 98.7 Å². The van der Waals surface area contributed by atoms with Gasteiger partial charge in [0.1, 0.15) is 5.41 Å². The Morgan fingerprint density at radius 2 is 1.73 bits per heavy atom. The molecule has 0 aromatic rings. The molecule has 15 heavy (non-hydrogen) atoms. The molecular formula is C11H17BrO3. The second-order valence-electron chi connectivity index (χ2n) is 4.62. The fourth-order valence-electron chi connectivity index (χ4n) is 2.07. The molecule has 0 amide bonds. The number of carbonyl (C=O) groups excluding carboxylic acids is 2. The molecule has 1 aliphatic carbocycles. The van der Waals surface area contributed by atoms with Crippen LogP contribution < -0.4 is 0 Å². The van der Waals surface area contributed by atoms with Gasteiger partial charge in [-0.15, -0.1) is 0 Å². The van der Waals surface area contributed by atoms with Crippen LogP contribution in [-0.2, 0) is 14.3 Å². The van der Waals surface area contributed by atoms with Crippen molar-refractivity contribution in [3.63, 3.8) is 0 Å². The molecule has 1 aliphatic rings. The normalized spacial score (nSPS) is 20.0. The van der Waals surface area contributed by atoms with Crippen LogP contribution in [0.1, 0.15) is 39.5 Å². The van der Waals surface area contributed by atoms with E-state index >= 15 is 0 Å². The van der Waals surface area contributed by atoms with Crippen LogP contribution in [0.3, 0.4) is 0 Å². The Kier molecular flexibility index (Phi) is 3.59. The quantitative estimate of drug-likeness (QED) is 0.452. The number of esters is 1. The first-order valence-corrected chi connectivity index (χ1v) is 5.96. The molecule has 0 unspecified atom stereocenters. The van der Waals surface area contributed by atoms with Crippen molar-refractivity contribution in [1.29, 1.82) is 0 Å². The molecule has 4 heteroatoms. The highest BCUT2D eigenvalue weighted by Gasteiger charge is 2.49. The van der Waals surface area contributed by atoms with Crippen LogP contribution in [-0.4, -0.2) is 23.2 Å². The predicted octanol–water partition coefficient (Wildman–Crippen LogP) is 2.46. The van der Waals surface area contributed by atoms with Crippen LogP contribution in [0.15, 0.2) is 0 Å². The first-order valence-electron chi connectivity index (χ1n) is 5.17. The Balaban J connectivity index is 2.87. The van der Waals surface area contributed by atoms with Gasteiger partial charge in [0, 0.05) is 0 Å². The van der Waals surface area contributed by atoms with E-state index in [2.05, 4.69) is 20.7 Å². The fourth-order valence-corrected chi connectivity index (χ4v) is 3.13. The maximum Gasteiger partial charge on any atom is 0.318 e. The van der Waals surface area contributed by atoms with Gasteiger partial charge in [-0.1, -0.05) is 28.8 Å². The summed E-state index contributed by atoms with van der Waals surface area (Å²) >= 11 is 3.49. The van der Waals surface area contributed by atoms with Crippen LogP contribution in [0.5, 0.6) is 0 Å². The third-order valence-electron chi connectivity index (χ3n) is 3.07. The summed E-state index contributed by atoms with van der Waals surface area (Å²) in [5, 5.41) is 0. The smallest absolute Gasteiger partial charge is 0.318 e. The lowest BCUT2D eigenvalue weighted by Crippen LogP contribution is -2.45. The maximum absolute atomic E-state index is 12.2. The lowest BCUT2D eigenvalue weighted by molar-refractivity contribution is -0.156. The number of hydrogen-bond acceptors (Lipinski definition) is 3. The molecule has 0 saturated heterocycles. The number of alkyl halides is 1. The van der Waals surface area contributed by atoms with Crippen LogP contribution in [0, 0.1) is 5.41 Å². The second-order valence-corrected chi connectivity index (χ2v) is 6.14. The molecule has 0 atom stereocenters. The van der Waals surface area contributed by atoms with E-state index in [0.29, 0.717) is 0 Å². The monoisotopic (exact) mass is 276 g/mol.